The summed E-state index contributed by atoms with van der Waals surface area (Å²) in [6, 6.07) is 19.0. The molecule has 0 unspecified atom stereocenters. The van der Waals surface area contributed by atoms with E-state index in [-0.39, 0.29) is 16.8 Å². The van der Waals surface area contributed by atoms with Crippen molar-refractivity contribution in [2.45, 2.75) is 0 Å². The molecule has 0 amide bonds. The van der Waals surface area contributed by atoms with Crippen LogP contribution in [0.1, 0.15) is 15.9 Å². The Morgan fingerprint density at radius 2 is 1.71 bits per heavy atom. The molecule has 140 valence electrons. The van der Waals surface area contributed by atoms with Crippen LogP contribution in [0, 0.1) is 0 Å². The maximum atomic E-state index is 12.9. The SMILES string of the molecule is NN=CNc1cccc(C(=O)C(N)=C(C(=O)O)c2cccc3ccccc23)c1. The van der Waals surface area contributed by atoms with E-state index in [0.717, 1.165) is 5.39 Å². The van der Waals surface area contributed by atoms with E-state index in [1.165, 1.54) is 6.34 Å². The summed E-state index contributed by atoms with van der Waals surface area (Å²) in [5, 5.41) is 17.5. The molecule has 0 spiro atoms. The summed E-state index contributed by atoms with van der Waals surface area (Å²) in [5.74, 6) is 3.20. The molecule has 0 radical (unpaired) electrons. The van der Waals surface area contributed by atoms with Gasteiger partial charge in [-0.2, -0.15) is 5.10 Å². The van der Waals surface area contributed by atoms with Gasteiger partial charge in [-0.25, -0.2) is 4.79 Å². The van der Waals surface area contributed by atoms with Crippen molar-refractivity contribution >= 4 is 40.1 Å². The zero-order valence-electron chi connectivity index (χ0n) is 14.8. The van der Waals surface area contributed by atoms with Crippen molar-refractivity contribution in [2.75, 3.05) is 5.32 Å². The van der Waals surface area contributed by atoms with Crippen LogP contribution in [0.3, 0.4) is 0 Å². The molecule has 3 aromatic rings. The second kappa shape index (κ2) is 8.05. The summed E-state index contributed by atoms with van der Waals surface area (Å²) in [7, 11) is 0. The molecule has 0 saturated heterocycles. The van der Waals surface area contributed by atoms with Crippen molar-refractivity contribution in [1.29, 1.82) is 0 Å². The maximum Gasteiger partial charge on any atom is 0.338 e. The number of benzene rings is 3. The highest BCUT2D eigenvalue weighted by molar-refractivity contribution is 6.28. The molecule has 7 heteroatoms. The van der Waals surface area contributed by atoms with E-state index in [2.05, 4.69) is 10.4 Å². The fourth-order valence-electron chi connectivity index (χ4n) is 2.95. The van der Waals surface area contributed by atoms with Crippen LogP contribution < -0.4 is 16.9 Å². The van der Waals surface area contributed by atoms with E-state index < -0.39 is 11.8 Å². The Morgan fingerprint density at radius 3 is 2.46 bits per heavy atom. The Bertz CT molecular complexity index is 1110. The molecule has 0 saturated carbocycles. The Balaban J connectivity index is 2.12. The number of nitrogens with two attached hydrogens (primary N) is 2. The van der Waals surface area contributed by atoms with Gasteiger partial charge in [0.25, 0.3) is 0 Å². The summed E-state index contributed by atoms with van der Waals surface area (Å²) in [6.07, 6.45) is 1.27. The molecule has 28 heavy (non-hydrogen) atoms. The zero-order chi connectivity index (χ0) is 20.1. The minimum absolute atomic E-state index is 0.233. The number of allylic oxidation sites excluding steroid dienone is 1. The topological polar surface area (TPSA) is 131 Å². The van der Waals surface area contributed by atoms with Gasteiger partial charge in [-0.1, -0.05) is 54.6 Å². The average molecular weight is 374 g/mol. The molecule has 0 bridgehead atoms. The van der Waals surface area contributed by atoms with Crippen molar-refractivity contribution in [3.63, 3.8) is 0 Å². The standard InChI is InChI=1S/C21H18N4O3/c22-19(20(26)14-7-3-8-15(11-14)24-12-25-23)18(21(27)28)17-10-4-6-13-5-1-2-9-16(13)17/h1-12H,22-23H2,(H,24,25)(H,27,28). The number of carboxylic acids is 1. The minimum Gasteiger partial charge on any atom is -0.478 e. The molecule has 0 aliphatic carbocycles. The van der Waals surface area contributed by atoms with Gasteiger partial charge in [0.1, 0.15) is 6.34 Å². The predicted molar refractivity (Wildman–Crippen MR) is 110 cm³/mol. The van der Waals surface area contributed by atoms with E-state index in [4.69, 9.17) is 11.6 Å². The number of carbonyl (C=O) groups excluding carboxylic acids is 1. The van der Waals surface area contributed by atoms with E-state index in [9.17, 15) is 14.7 Å². The first-order chi connectivity index (χ1) is 13.5. The number of hydrogen-bond acceptors (Lipinski definition) is 5. The van der Waals surface area contributed by atoms with Gasteiger partial charge in [-0.15, -0.1) is 0 Å². The van der Waals surface area contributed by atoms with Crippen LogP contribution in [0.25, 0.3) is 16.3 Å². The molecular formula is C21H18N4O3. The number of nitrogens with one attached hydrogen (secondary N) is 1. The van der Waals surface area contributed by atoms with Crippen LogP contribution in [0.4, 0.5) is 5.69 Å². The first kappa shape index (κ1) is 18.7. The molecule has 0 aromatic heterocycles. The van der Waals surface area contributed by atoms with Gasteiger partial charge < -0.3 is 22.0 Å². The Hall–Kier alpha value is -4.13. The highest BCUT2D eigenvalue weighted by Crippen LogP contribution is 2.28. The molecule has 0 aliphatic heterocycles. The molecule has 0 fully saturated rings. The van der Waals surface area contributed by atoms with E-state index >= 15 is 0 Å². The van der Waals surface area contributed by atoms with Crippen LogP contribution >= 0.6 is 0 Å². The summed E-state index contributed by atoms with van der Waals surface area (Å²) in [4.78, 5) is 24.9. The molecular weight excluding hydrogens is 356 g/mol. The maximum absolute atomic E-state index is 12.9. The second-order valence-corrected chi connectivity index (χ2v) is 5.95. The fraction of sp³-hybridized carbons (Fsp3) is 0. The molecule has 0 aliphatic rings. The van der Waals surface area contributed by atoms with Gasteiger partial charge >= 0.3 is 5.97 Å². The molecule has 0 atom stereocenters. The number of hydrazone groups is 1. The lowest BCUT2D eigenvalue weighted by Crippen LogP contribution is -2.18. The number of rotatable bonds is 6. The largest absolute Gasteiger partial charge is 0.478 e. The van der Waals surface area contributed by atoms with Gasteiger partial charge in [-0.05, 0) is 28.5 Å². The number of carbonyl (C=O) groups is 2. The average Bonchev–Trinajstić information content (AvgIpc) is 2.72. The summed E-state index contributed by atoms with van der Waals surface area (Å²) in [6.45, 7) is 0. The van der Waals surface area contributed by atoms with Gasteiger partial charge in [0.15, 0.2) is 0 Å². The zero-order valence-corrected chi connectivity index (χ0v) is 14.8. The number of nitrogens with zero attached hydrogens (tertiary/aromatic N) is 1. The first-order valence-corrected chi connectivity index (χ1v) is 8.37. The van der Waals surface area contributed by atoms with Crippen LogP contribution in [0.5, 0.6) is 0 Å². The number of Topliss-reactive ketones (excluding diaryl/α,β-unsaturated/α-hetero) is 1. The first-order valence-electron chi connectivity index (χ1n) is 8.37. The van der Waals surface area contributed by atoms with Gasteiger partial charge in [0.2, 0.25) is 5.78 Å². The summed E-state index contributed by atoms with van der Waals surface area (Å²) < 4.78 is 0. The van der Waals surface area contributed by atoms with Crippen molar-refractivity contribution in [2.24, 2.45) is 16.7 Å². The number of anilines is 1. The number of fused-ring (bicyclic) bond motifs is 1. The summed E-state index contributed by atoms with van der Waals surface area (Å²) in [5.41, 5.74) is 6.68. The lowest BCUT2D eigenvalue weighted by Gasteiger charge is -2.11. The third kappa shape index (κ3) is 3.68. The van der Waals surface area contributed by atoms with E-state index in [1.807, 2.05) is 18.2 Å². The van der Waals surface area contributed by atoms with Crippen LogP contribution in [-0.2, 0) is 4.79 Å². The quantitative estimate of drug-likeness (QED) is 0.131. The third-order valence-corrected chi connectivity index (χ3v) is 4.22. The Labute approximate surface area is 161 Å². The smallest absolute Gasteiger partial charge is 0.338 e. The highest BCUT2D eigenvalue weighted by Gasteiger charge is 2.22. The van der Waals surface area contributed by atoms with Gasteiger partial charge in [0.05, 0.1) is 11.3 Å². The van der Waals surface area contributed by atoms with Crippen LogP contribution in [-0.4, -0.2) is 23.2 Å². The lowest BCUT2D eigenvalue weighted by atomic mass is 9.94. The number of aliphatic carboxylic acids is 1. The van der Waals surface area contributed by atoms with E-state index in [1.54, 1.807) is 48.5 Å². The minimum atomic E-state index is -1.27. The molecule has 0 heterocycles. The lowest BCUT2D eigenvalue weighted by molar-refractivity contribution is -0.130. The number of carboxylic acid groups (broad SMARTS) is 1. The molecule has 3 aromatic carbocycles. The normalized spacial score (nSPS) is 12.0. The van der Waals surface area contributed by atoms with Crippen molar-refractivity contribution in [3.8, 4) is 0 Å². The van der Waals surface area contributed by atoms with Crippen molar-refractivity contribution < 1.29 is 14.7 Å². The summed E-state index contributed by atoms with van der Waals surface area (Å²) >= 11 is 0. The van der Waals surface area contributed by atoms with Gasteiger partial charge in [0, 0.05) is 11.3 Å². The molecule has 3 rings (SSSR count). The third-order valence-electron chi connectivity index (χ3n) is 4.22. The predicted octanol–water partition coefficient (Wildman–Crippen LogP) is 2.79. The highest BCUT2D eigenvalue weighted by atomic mass is 16.4. The molecule has 6 N–H and O–H groups in total. The van der Waals surface area contributed by atoms with E-state index in [0.29, 0.717) is 16.6 Å². The van der Waals surface area contributed by atoms with Crippen molar-refractivity contribution in [3.05, 3.63) is 83.6 Å². The monoisotopic (exact) mass is 374 g/mol. The Kier molecular flexibility index (Phi) is 5.36. The van der Waals surface area contributed by atoms with Crippen molar-refractivity contribution in [1.82, 2.24) is 0 Å². The number of ketones is 1. The van der Waals surface area contributed by atoms with Crippen LogP contribution in [0.2, 0.25) is 0 Å². The van der Waals surface area contributed by atoms with Crippen LogP contribution in [0.15, 0.2) is 77.5 Å². The fourth-order valence-corrected chi connectivity index (χ4v) is 2.95. The van der Waals surface area contributed by atoms with Gasteiger partial charge in [-0.3, -0.25) is 4.79 Å². The number of hydrogen-bond donors (Lipinski definition) is 4. The Morgan fingerprint density at radius 1 is 1.00 bits per heavy atom. The second-order valence-electron chi connectivity index (χ2n) is 5.95. The molecule has 7 nitrogen and oxygen atoms in total.